The summed E-state index contributed by atoms with van der Waals surface area (Å²) >= 11 is 0. The summed E-state index contributed by atoms with van der Waals surface area (Å²) < 4.78 is 7.31. The first-order chi connectivity index (χ1) is 13.3. The summed E-state index contributed by atoms with van der Waals surface area (Å²) in [5, 5.41) is 6.01. The highest BCUT2D eigenvalue weighted by Crippen LogP contribution is 2.29. The Balaban J connectivity index is 1.54. The lowest BCUT2D eigenvalue weighted by molar-refractivity contribution is -0.123. The average Bonchev–Trinajstić information content (AvgIpc) is 3.24. The summed E-state index contributed by atoms with van der Waals surface area (Å²) in [6.07, 6.45) is 5.51. The molecule has 2 N–H and O–H groups in total. The normalized spacial score (nSPS) is 16.1. The summed E-state index contributed by atoms with van der Waals surface area (Å²) in [7, 11) is 0. The quantitative estimate of drug-likeness (QED) is 0.797. The number of nitrogens with zero attached hydrogens (tertiary/aromatic N) is 2. The minimum absolute atomic E-state index is 0.00864. The van der Waals surface area contributed by atoms with E-state index in [9.17, 15) is 9.59 Å². The van der Waals surface area contributed by atoms with Crippen LogP contribution >= 0.6 is 0 Å². The number of amides is 2. The largest absolute Gasteiger partial charge is 0.444 e. The lowest BCUT2D eigenvalue weighted by atomic mass is 9.97. The minimum atomic E-state index is -0.538. The van der Waals surface area contributed by atoms with Crippen molar-refractivity contribution in [1.29, 1.82) is 0 Å². The number of ether oxygens (including phenoxy) is 1. The maximum absolute atomic E-state index is 12.6. The van der Waals surface area contributed by atoms with E-state index in [1.807, 2.05) is 49.6 Å². The van der Waals surface area contributed by atoms with Crippen molar-refractivity contribution in [2.45, 2.75) is 70.6 Å². The molecule has 0 spiro atoms. The number of aromatic nitrogens is 2. The third-order valence-electron chi connectivity index (χ3n) is 5.04. The first-order valence-electron chi connectivity index (χ1n) is 9.94. The zero-order valence-electron chi connectivity index (χ0n) is 17.0. The molecule has 1 fully saturated rings. The minimum Gasteiger partial charge on any atom is -0.444 e. The molecule has 152 valence electrons. The molecule has 1 saturated carbocycles. The van der Waals surface area contributed by atoms with Crippen LogP contribution in [-0.4, -0.2) is 39.2 Å². The zero-order chi connectivity index (χ0) is 20.2. The van der Waals surface area contributed by atoms with Crippen molar-refractivity contribution in [3.63, 3.8) is 0 Å². The van der Waals surface area contributed by atoms with Crippen molar-refractivity contribution >= 4 is 23.0 Å². The maximum atomic E-state index is 12.6. The molecule has 1 aromatic heterocycles. The van der Waals surface area contributed by atoms with Gasteiger partial charge in [0.25, 0.3) is 0 Å². The summed E-state index contributed by atoms with van der Waals surface area (Å²) in [5.74, 6) is -0.00864. The van der Waals surface area contributed by atoms with Crippen molar-refractivity contribution in [3.8, 4) is 0 Å². The molecule has 1 aromatic carbocycles. The van der Waals surface area contributed by atoms with E-state index in [1.54, 1.807) is 6.33 Å². The number of hydrogen-bond donors (Lipinski definition) is 2. The molecular formula is C21H30N4O3. The van der Waals surface area contributed by atoms with Crippen LogP contribution < -0.4 is 10.6 Å². The van der Waals surface area contributed by atoms with Crippen LogP contribution in [0.25, 0.3) is 11.0 Å². The molecule has 0 saturated heterocycles. The lowest BCUT2D eigenvalue weighted by Crippen LogP contribution is -2.54. The van der Waals surface area contributed by atoms with E-state index in [2.05, 4.69) is 15.6 Å². The molecule has 2 aromatic rings. The summed E-state index contributed by atoms with van der Waals surface area (Å²) in [6.45, 7) is 6.46. The van der Waals surface area contributed by atoms with Crippen LogP contribution in [0.4, 0.5) is 4.79 Å². The van der Waals surface area contributed by atoms with Gasteiger partial charge in [-0.15, -0.1) is 0 Å². The zero-order valence-corrected chi connectivity index (χ0v) is 17.0. The molecule has 2 amide bonds. The maximum Gasteiger partial charge on any atom is 0.407 e. The van der Waals surface area contributed by atoms with Gasteiger partial charge in [0.15, 0.2) is 0 Å². The molecule has 1 heterocycles. The lowest BCUT2D eigenvalue weighted by Gasteiger charge is -2.31. The number of benzene rings is 1. The number of alkyl carbamates (subject to hydrolysis) is 1. The first kappa shape index (κ1) is 20.2. The predicted octanol–water partition coefficient (Wildman–Crippen LogP) is 3.38. The number of fused-ring (bicyclic) bond motifs is 1. The highest BCUT2D eigenvalue weighted by molar-refractivity contribution is 5.78. The van der Waals surface area contributed by atoms with Gasteiger partial charge in [0.1, 0.15) is 5.60 Å². The van der Waals surface area contributed by atoms with Gasteiger partial charge in [-0.1, -0.05) is 25.0 Å². The van der Waals surface area contributed by atoms with Gasteiger partial charge in [0, 0.05) is 19.5 Å². The van der Waals surface area contributed by atoms with Crippen LogP contribution in [0.15, 0.2) is 30.6 Å². The molecule has 1 aliphatic rings. The Morgan fingerprint density at radius 2 is 1.93 bits per heavy atom. The Labute approximate surface area is 165 Å². The van der Waals surface area contributed by atoms with Crippen LogP contribution in [0, 0.1) is 0 Å². The first-order valence-corrected chi connectivity index (χ1v) is 9.94. The van der Waals surface area contributed by atoms with E-state index in [0.717, 1.165) is 36.7 Å². The van der Waals surface area contributed by atoms with Gasteiger partial charge < -0.3 is 19.9 Å². The van der Waals surface area contributed by atoms with Crippen LogP contribution in [0.5, 0.6) is 0 Å². The van der Waals surface area contributed by atoms with E-state index in [4.69, 9.17) is 4.74 Å². The fourth-order valence-electron chi connectivity index (χ4n) is 3.72. The monoisotopic (exact) mass is 386 g/mol. The highest BCUT2D eigenvalue weighted by atomic mass is 16.6. The second kappa shape index (κ2) is 8.20. The van der Waals surface area contributed by atoms with Gasteiger partial charge in [0.05, 0.1) is 22.9 Å². The number of para-hydroxylation sites is 2. The number of imidazole rings is 1. The van der Waals surface area contributed by atoms with Crippen LogP contribution in [0.2, 0.25) is 0 Å². The van der Waals surface area contributed by atoms with Crippen molar-refractivity contribution in [2.75, 3.05) is 6.54 Å². The third-order valence-corrected chi connectivity index (χ3v) is 5.04. The number of hydrogen-bond acceptors (Lipinski definition) is 4. The van der Waals surface area contributed by atoms with Gasteiger partial charge in [-0.25, -0.2) is 9.78 Å². The molecule has 7 heteroatoms. The molecule has 7 nitrogen and oxygen atoms in total. The highest BCUT2D eigenvalue weighted by Gasteiger charge is 2.36. The predicted molar refractivity (Wildman–Crippen MR) is 108 cm³/mol. The Hall–Kier alpha value is -2.57. The molecule has 0 unspecified atom stereocenters. The van der Waals surface area contributed by atoms with Crippen LogP contribution in [0.1, 0.15) is 52.9 Å². The topological polar surface area (TPSA) is 85.3 Å². The van der Waals surface area contributed by atoms with Gasteiger partial charge in [-0.3, -0.25) is 4.79 Å². The van der Waals surface area contributed by atoms with E-state index < -0.39 is 11.7 Å². The van der Waals surface area contributed by atoms with Crippen LogP contribution in [-0.2, 0) is 16.1 Å². The molecule has 0 radical (unpaired) electrons. The van der Waals surface area contributed by atoms with Gasteiger partial charge >= 0.3 is 6.09 Å². The fraction of sp³-hybridized carbons (Fsp3) is 0.571. The van der Waals surface area contributed by atoms with Crippen molar-refractivity contribution in [3.05, 3.63) is 30.6 Å². The second-order valence-electron chi connectivity index (χ2n) is 8.57. The average molecular weight is 386 g/mol. The Kier molecular flexibility index (Phi) is 5.91. The van der Waals surface area contributed by atoms with E-state index in [0.29, 0.717) is 19.5 Å². The SMILES string of the molecule is CC(C)(C)OC(=O)NCC1(NC(=O)CCn2cnc3ccccc32)CCCC1. The van der Waals surface area contributed by atoms with Crippen molar-refractivity contribution in [1.82, 2.24) is 20.2 Å². The Morgan fingerprint density at radius 1 is 1.21 bits per heavy atom. The molecule has 28 heavy (non-hydrogen) atoms. The summed E-state index contributed by atoms with van der Waals surface area (Å²) in [4.78, 5) is 29.0. The van der Waals surface area contributed by atoms with Gasteiger partial charge in [-0.2, -0.15) is 0 Å². The van der Waals surface area contributed by atoms with E-state index in [-0.39, 0.29) is 11.4 Å². The Morgan fingerprint density at radius 3 is 2.64 bits per heavy atom. The summed E-state index contributed by atoms with van der Waals surface area (Å²) in [6, 6.07) is 7.88. The van der Waals surface area contributed by atoms with Crippen molar-refractivity contribution < 1.29 is 14.3 Å². The fourth-order valence-corrected chi connectivity index (χ4v) is 3.72. The third kappa shape index (κ3) is 5.24. The number of nitrogens with one attached hydrogen (secondary N) is 2. The van der Waals surface area contributed by atoms with Crippen LogP contribution in [0.3, 0.4) is 0 Å². The molecule has 0 aliphatic heterocycles. The molecule has 0 bridgehead atoms. The number of aryl methyl sites for hydroxylation is 1. The Bertz CT molecular complexity index is 832. The van der Waals surface area contributed by atoms with Gasteiger partial charge in [-0.05, 0) is 45.7 Å². The number of rotatable bonds is 6. The standard InChI is InChI=1S/C21H30N4O3/c1-20(2,3)28-19(27)22-14-21(11-6-7-12-21)24-18(26)10-13-25-15-23-16-8-4-5-9-17(16)25/h4-5,8-9,15H,6-7,10-14H2,1-3H3,(H,22,27)(H,24,26). The van der Waals surface area contributed by atoms with Crippen molar-refractivity contribution in [2.24, 2.45) is 0 Å². The molecule has 0 atom stereocenters. The smallest absolute Gasteiger partial charge is 0.407 e. The van der Waals surface area contributed by atoms with E-state index in [1.165, 1.54) is 0 Å². The van der Waals surface area contributed by atoms with Gasteiger partial charge in [0.2, 0.25) is 5.91 Å². The molecule has 1 aliphatic carbocycles. The molecular weight excluding hydrogens is 356 g/mol. The number of carbonyl (C=O) groups excluding carboxylic acids is 2. The second-order valence-corrected chi connectivity index (χ2v) is 8.57. The van der Waals surface area contributed by atoms with E-state index >= 15 is 0 Å². The summed E-state index contributed by atoms with van der Waals surface area (Å²) in [5.41, 5.74) is 1.03. The number of carbonyl (C=O) groups is 2. The molecule has 3 rings (SSSR count).